The van der Waals surface area contributed by atoms with E-state index in [0.717, 1.165) is 18.3 Å². The molecule has 1 aliphatic heterocycles. The zero-order valence-electron chi connectivity index (χ0n) is 16.0. The average Bonchev–Trinajstić information content (AvgIpc) is 3.38. The SMILES string of the molecule is Cc1nc(CN2CCCN(CC3CC3)C(C(C)C)C2)c2ccccn12. The zero-order chi connectivity index (χ0) is 17.4. The maximum atomic E-state index is 4.87. The molecule has 0 N–H and O–H groups in total. The van der Waals surface area contributed by atoms with Crippen LogP contribution in [0.15, 0.2) is 24.4 Å². The number of nitrogens with zero attached hydrogens (tertiary/aromatic N) is 4. The van der Waals surface area contributed by atoms with Gasteiger partial charge < -0.3 is 4.40 Å². The second kappa shape index (κ2) is 7.08. The lowest BCUT2D eigenvalue weighted by molar-refractivity contribution is 0.131. The summed E-state index contributed by atoms with van der Waals surface area (Å²) < 4.78 is 2.21. The molecule has 1 aliphatic carbocycles. The van der Waals surface area contributed by atoms with Crippen LogP contribution in [0.1, 0.15) is 44.6 Å². The Labute approximate surface area is 151 Å². The topological polar surface area (TPSA) is 23.8 Å². The highest BCUT2D eigenvalue weighted by molar-refractivity contribution is 5.53. The van der Waals surface area contributed by atoms with E-state index in [1.807, 2.05) is 0 Å². The lowest BCUT2D eigenvalue weighted by Crippen LogP contribution is -2.45. The number of imidazole rings is 1. The van der Waals surface area contributed by atoms with E-state index in [1.54, 1.807) is 0 Å². The van der Waals surface area contributed by atoms with E-state index in [4.69, 9.17) is 4.98 Å². The number of hydrogen-bond acceptors (Lipinski definition) is 3. The van der Waals surface area contributed by atoms with Crippen LogP contribution in [0.2, 0.25) is 0 Å². The van der Waals surface area contributed by atoms with Crippen LogP contribution in [0.4, 0.5) is 0 Å². The Balaban J connectivity index is 1.51. The monoisotopic (exact) mass is 340 g/mol. The van der Waals surface area contributed by atoms with Crippen molar-refractivity contribution in [2.24, 2.45) is 11.8 Å². The molecule has 1 saturated carbocycles. The second-order valence-corrected chi connectivity index (χ2v) is 8.40. The van der Waals surface area contributed by atoms with Gasteiger partial charge in [0.05, 0.1) is 11.2 Å². The van der Waals surface area contributed by atoms with Gasteiger partial charge in [0, 0.05) is 31.9 Å². The van der Waals surface area contributed by atoms with Crippen molar-refractivity contribution in [2.45, 2.75) is 52.6 Å². The number of aryl methyl sites for hydroxylation is 1. The molecule has 25 heavy (non-hydrogen) atoms. The fourth-order valence-electron chi connectivity index (χ4n) is 4.36. The normalized spacial score (nSPS) is 23.4. The van der Waals surface area contributed by atoms with E-state index in [9.17, 15) is 0 Å². The second-order valence-electron chi connectivity index (χ2n) is 8.40. The highest BCUT2D eigenvalue weighted by Gasteiger charge is 2.32. The van der Waals surface area contributed by atoms with Gasteiger partial charge in [0.25, 0.3) is 0 Å². The first-order chi connectivity index (χ1) is 12.1. The van der Waals surface area contributed by atoms with Crippen molar-refractivity contribution in [3.63, 3.8) is 0 Å². The highest BCUT2D eigenvalue weighted by Crippen LogP contribution is 2.32. The van der Waals surface area contributed by atoms with E-state index in [2.05, 4.69) is 59.4 Å². The van der Waals surface area contributed by atoms with Gasteiger partial charge in [-0.1, -0.05) is 19.9 Å². The van der Waals surface area contributed by atoms with Crippen molar-refractivity contribution >= 4 is 5.52 Å². The first kappa shape index (κ1) is 17.0. The summed E-state index contributed by atoms with van der Waals surface area (Å²) in [5.41, 5.74) is 2.50. The molecule has 4 rings (SSSR count). The first-order valence-corrected chi connectivity index (χ1v) is 10.0. The predicted molar refractivity (Wildman–Crippen MR) is 103 cm³/mol. The van der Waals surface area contributed by atoms with Crippen molar-refractivity contribution in [1.82, 2.24) is 19.2 Å². The molecule has 1 saturated heterocycles. The highest BCUT2D eigenvalue weighted by atomic mass is 15.3. The Morgan fingerprint density at radius 3 is 2.80 bits per heavy atom. The maximum Gasteiger partial charge on any atom is 0.110 e. The molecule has 2 fully saturated rings. The third-order valence-corrected chi connectivity index (χ3v) is 5.97. The van der Waals surface area contributed by atoms with Crippen LogP contribution in [0.5, 0.6) is 0 Å². The number of pyridine rings is 1. The van der Waals surface area contributed by atoms with E-state index >= 15 is 0 Å². The van der Waals surface area contributed by atoms with Gasteiger partial charge in [0.2, 0.25) is 0 Å². The van der Waals surface area contributed by atoms with Gasteiger partial charge in [0.1, 0.15) is 5.82 Å². The standard InChI is InChI=1S/C21H32N4/c1-16(2)21-15-23(10-6-11-24(21)13-18-8-9-18)14-19-20-7-4-5-12-25(20)17(3)22-19/h4-5,7,12,16,18,21H,6,8-11,13-15H2,1-3H3. The molecule has 2 aromatic rings. The molecule has 4 heteroatoms. The predicted octanol–water partition coefficient (Wildman–Crippen LogP) is 3.59. The molecule has 136 valence electrons. The van der Waals surface area contributed by atoms with Crippen LogP contribution < -0.4 is 0 Å². The van der Waals surface area contributed by atoms with E-state index < -0.39 is 0 Å². The minimum Gasteiger partial charge on any atom is -0.304 e. The van der Waals surface area contributed by atoms with Crippen LogP contribution in [0, 0.1) is 18.8 Å². The van der Waals surface area contributed by atoms with E-state index in [-0.39, 0.29) is 0 Å². The molecule has 3 heterocycles. The number of fused-ring (bicyclic) bond motifs is 1. The Hall–Kier alpha value is -1.39. The summed E-state index contributed by atoms with van der Waals surface area (Å²) >= 11 is 0. The van der Waals surface area contributed by atoms with E-state index in [0.29, 0.717) is 12.0 Å². The minimum atomic E-state index is 0.679. The van der Waals surface area contributed by atoms with Gasteiger partial charge in [-0.3, -0.25) is 9.80 Å². The molecule has 0 amide bonds. The maximum absolute atomic E-state index is 4.87. The minimum absolute atomic E-state index is 0.679. The molecular weight excluding hydrogens is 308 g/mol. The van der Waals surface area contributed by atoms with Crippen LogP contribution in [0.25, 0.3) is 5.52 Å². The molecule has 0 bridgehead atoms. The van der Waals surface area contributed by atoms with Gasteiger partial charge in [-0.15, -0.1) is 0 Å². The Morgan fingerprint density at radius 1 is 1.20 bits per heavy atom. The van der Waals surface area contributed by atoms with Crippen molar-refractivity contribution in [3.05, 3.63) is 35.9 Å². The van der Waals surface area contributed by atoms with Gasteiger partial charge >= 0.3 is 0 Å². The smallest absolute Gasteiger partial charge is 0.110 e. The van der Waals surface area contributed by atoms with Crippen LogP contribution in [0.3, 0.4) is 0 Å². The van der Waals surface area contributed by atoms with Gasteiger partial charge in [-0.25, -0.2) is 4.98 Å². The summed E-state index contributed by atoms with van der Waals surface area (Å²) in [7, 11) is 0. The molecule has 2 aliphatic rings. The molecule has 1 atom stereocenters. The first-order valence-electron chi connectivity index (χ1n) is 10.0. The molecule has 0 spiro atoms. The summed E-state index contributed by atoms with van der Waals surface area (Å²) in [6.45, 7) is 12.8. The average molecular weight is 341 g/mol. The van der Waals surface area contributed by atoms with Gasteiger partial charge in [0.15, 0.2) is 0 Å². The van der Waals surface area contributed by atoms with Crippen molar-refractivity contribution in [3.8, 4) is 0 Å². The summed E-state index contributed by atoms with van der Waals surface area (Å²) in [4.78, 5) is 10.3. The third-order valence-electron chi connectivity index (χ3n) is 5.97. The molecular formula is C21H32N4. The van der Waals surface area contributed by atoms with Gasteiger partial charge in [-0.05, 0) is 63.2 Å². The number of rotatable bonds is 5. The Morgan fingerprint density at radius 2 is 2.04 bits per heavy atom. The Bertz CT molecular complexity index is 716. The number of aromatic nitrogens is 2. The zero-order valence-corrected chi connectivity index (χ0v) is 16.0. The molecule has 1 unspecified atom stereocenters. The van der Waals surface area contributed by atoms with E-state index in [1.165, 1.54) is 56.7 Å². The fraction of sp³-hybridized carbons (Fsp3) is 0.667. The van der Waals surface area contributed by atoms with Crippen LogP contribution in [-0.2, 0) is 6.54 Å². The van der Waals surface area contributed by atoms with Crippen molar-refractivity contribution in [1.29, 1.82) is 0 Å². The van der Waals surface area contributed by atoms with Crippen molar-refractivity contribution in [2.75, 3.05) is 26.2 Å². The van der Waals surface area contributed by atoms with Crippen LogP contribution in [-0.4, -0.2) is 51.4 Å². The third kappa shape index (κ3) is 3.75. The molecule has 0 aromatic carbocycles. The lowest BCUT2D eigenvalue weighted by Gasteiger charge is -2.34. The molecule has 0 radical (unpaired) electrons. The summed E-state index contributed by atoms with van der Waals surface area (Å²) in [5, 5.41) is 0. The summed E-state index contributed by atoms with van der Waals surface area (Å²) in [6.07, 6.45) is 6.30. The van der Waals surface area contributed by atoms with Gasteiger partial charge in [-0.2, -0.15) is 0 Å². The largest absolute Gasteiger partial charge is 0.304 e. The molecule has 4 nitrogen and oxygen atoms in total. The lowest BCUT2D eigenvalue weighted by atomic mass is 10.0. The fourth-order valence-corrected chi connectivity index (χ4v) is 4.36. The molecule has 2 aromatic heterocycles. The summed E-state index contributed by atoms with van der Waals surface area (Å²) in [6, 6.07) is 7.09. The van der Waals surface area contributed by atoms with Crippen LogP contribution >= 0.6 is 0 Å². The quantitative estimate of drug-likeness (QED) is 0.831. The Kier molecular flexibility index (Phi) is 4.83. The van der Waals surface area contributed by atoms with Crippen molar-refractivity contribution < 1.29 is 0 Å². The number of hydrogen-bond donors (Lipinski definition) is 0. The summed E-state index contributed by atoms with van der Waals surface area (Å²) in [5.74, 6) is 2.78.